The fourth-order valence-corrected chi connectivity index (χ4v) is 3.12. The van der Waals surface area contributed by atoms with E-state index in [0.717, 1.165) is 23.8 Å². The van der Waals surface area contributed by atoms with Crippen LogP contribution in [0, 0.1) is 34.8 Å². The number of nitrogens with one attached hydrogen (secondary N) is 1. The van der Waals surface area contributed by atoms with Crippen molar-refractivity contribution in [1.82, 2.24) is 10.3 Å². The Morgan fingerprint density at radius 1 is 0.967 bits per heavy atom. The van der Waals surface area contributed by atoms with Crippen LogP contribution in [0.3, 0.4) is 0 Å². The second-order valence-electron chi connectivity index (χ2n) is 6.56. The molecule has 0 spiro atoms. The summed E-state index contributed by atoms with van der Waals surface area (Å²) in [7, 11) is 0. The summed E-state index contributed by atoms with van der Waals surface area (Å²) in [6.45, 7) is 0. The highest BCUT2D eigenvalue weighted by atomic mass is 19.1. The summed E-state index contributed by atoms with van der Waals surface area (Å²) in [6.07, 6.45) is 1.28. The Morgan fingerprint density at radius 3 is 2.47 bits per heavy atom. The zero-order valence-corrected chi connectivity index (χ0v) is 15.4. The van der Waals surface area contributed by atoms with Gasteiger partial charge in [0.2, 0.25) is 0 Å². The second kappa shape index (κ2) is 8.02. The van der Waals surface area contributed by atoms with Crippen LogP contribution in [0.4, 0.5) is 13.6 Å². The van der Waals surface area contributed by atoms with E-state index < -0.39 is 29.9 Å². The molecule has 1 fully saturated rings. The molecule has 3 aromatic rings. The number of rotatable bonds is 2. The van der Waals surface area contributed by atoms with Gasteiger partial charge in [-0.25, -0.2) is 13.6 Å². The third kappa shape index (κ3) is 3.96. The van der Waals surface area contributed by atoms with Gasteiger partial charge in [0.1, 0.15) is 17.7 Å². The third-order valence-corrected chi connectivity index (χ3v) is 4.56. The van der Waals surface area contributed by atoms with E-state index in [0.29, 0.717) is 16.7 Å². The molecule has 7 heteroatoms. The van der Waals surface area contributed by atoms with Crippen molar-refractivity contribution in [3.05, 3.63) is 100 Å². The first-order valence-electron chi connectivity index (χ1n) is 8.93. The summed E-state index contributed by atoms with van der Waals surface area (Å²) in [4.78, 5) is 16.0. The van der Waals surface area contributed by atoms with Crippen LogP contribution in [0.2, 0.25) is 0 Å². The number of halogens is 2. The van der Waals surface area contributed by atoms with Crippen LogP contribution in [0.15, 0.2) is 60.9 Å². The Bertz CT molecular complexity index is 1220. The molecule has 2 aromatic carbocycles. The maximum Gasteiger partial charge on any atom is 0.408 e. The number of cyclic esters (lactones) is 1. The van der Waals surface area contributed by atoms with Crippen LogP contribution in [0.5, 0.6) is 0 Å². The predicted molar refractivity (Wildman–Crippen MR) is 103 cm³/mol. The van der Waals surface area contributed by atoms with Gasteiger partial charge in [-0.2, -0.15) is 5.26 Å². The molecule has 1 aliphatic rings. The topological polar surface area (TPSA) is 75.0 Å². The number of benzene rings is 2. The van der Waals surface area contributed by atoms with Crippen LogP contribution in [-0.4, -0.2) is 11.1 Å². The molecule has 1 aliphatic heterocycles. The van der Waals surface area contributed by atoms with Crippen molar-refractivity contribution in [2.24, 2.45) is 0 Å². The minimum Gasteiger partial charge on any atom is -0.439 e. The molecular weight excluding hydrogens is 388 g/mol. The van der Waals surface area contributed by atoms with Gasteiger partial charge in [0, 0.05) is 29.1 Å². The fourth-order valence-electron chi connectivity index (χ4n) is 3.12. The van der Waals surface area contributed by atoms with E-state index in [2.05, 4.69) is 22.1 Å². The molecule has 30 heavy (non-hydrogen) atoms. The Kier molecular flexibility index (Phi) is 5.11. The normalized spacial score (nSPS) is 17.3. The van der Waals surface area contributed by atoms with Crippen LogP contribution >= 0.6 is 0 Å². The second-order valence-corrected chi connectivity index (χ2v) is 6.56. The number of nitriles is 1. The van der Waals surface area contributed by atoms with Gasteiger partial charge in [-0.1, -0.05) is 11.8 Å². The van der Waals surface area contributed by atoms with Gasteiger partial charge in [-0.05, 0) is 54.1 Å². The molecule has 0 radical (unpaired) electrons. The number of carbonyl (C=O) groups excluding carboxylic acids is 1. The van der Waals surface area contributed by atoms with Crippen LogP contribution in [-0.2, 0) is 4.74 Å². The maximum absolute atomic E-state index is 14.2. The highest BCUT2D eigenvalue weighted by molar-refractivity contribution is 5.71. The van der Waals surface area contributed by atoms with E-state index in [-0.39, 0.29) is 5.56 Å². The number of carbonyl (C=O) groups is 1. The van der Waals surface area contributed by atoms with Crippen LogP contribution < -0.4 is 5.32 Å². The highest BCUT2D eigenvalue weighted by Crippen LogP contribution is 2.37. The molecule has 0 saturated carbocycles. The van der Waals surface area contributed by atoms with Crippen molar-refractivity contribution in [3.63, 3.8) is 0 Å². The van der Waals surface area contributed by atoms with Crippen LogP contribution in [0.1, 0.15) is 40.0 Å². The lowest BCUT2D eigenvalue weighted by molar-refractivity contribution is 0.130. The van der Waals surface area contributed by atoms with Gasteiger partial charge in [0.25, 0.3) is 0 Å². The Morgan fingerprint density at radius 2 is 1.70 bits per heavy atom. The Balaban J connectivity index is 1.64. The van der Waals surface area contributed by atoms with E-state index in [9.17, 15) is 13.6 Å². The molecule has 146 valence electrons. The Hall–Kier alpha value is -4.23. The zero-order chi connectivity index (χ0) is 21.1. The lowest BCUT2D eigenvalue weighted by atomic mass is 9.96. The number of aromatic nitrogens is 1. The molecule has 4 rings (SSSR count). The average Bonchev–Trinajstić information content (AvgIpc) is 3.16. The number of ether oxygens (including phenoxy) is 1. The van der Waals surface area contributed by atoms with E-state index in [1.807, 2.05) is 6.07 Å². The molecule has 1 amide bonds. The molecule has 0 aliphatic carbocycles. The molecular formula is C23H13F2N3O2. The average molecular weight is 401 g/mol. The summed E-state index contributed by atoms with van der Waals surface area (Å²) in [5, 5.41) is 11.5. The molecule has 0 unspecified atom stereocenters. The quantitative estimate of drug-likeness (QED) is 0.655. The van der Waals surface area contributed by atoms with Gasteiger partial charge < -0.3 is 10.1 Å². The number of pyridine rings is 1. The Labute approximate surface area is 170 Å². The lowest BCUT2D eigenvalue weighted by Gasteiger charge is -2.18. The zero-order valence-electron chi connectivity index (χ0n) is 15.4. The monoisotopic (exact) mass is 401 g/mol. The minimum absolute atomic E-state index is 0.0626. The first kappa shape index (κ1) is 19.1. The maximum atomic E-state index is 14.2. The largest absolute Gasteiger partial charge is 0.439 e. The fraction of sp³-hybridized carbons (Fsp3) is 0.0870. The molecule has 1 N–H and O–H groups in total. The van der Waals surface area contributed by atoms with Gasteiger partial charge in [-0.3, -0.25) is 4.98 Å². The van der Waals surface area contributed by atoms with Crippen molar-refractivity contribution >= 4 is 6.09 Å². The van der Waals surface area contributed by atoms with E-state index in [1.54, 1.807) is 36.5 Å². The number of nitrogens with zero attached hydrogens (tertiary/aromatic N) is 2. The molecule has 0 bridgehead atoms. The van der Waals surface area contributed by atoms with Gasteiger partial charge in [0.15, 0.2) is 6.10 Å². The number of hydrogen-bond acceptors (Lipinski definition) is 4. The smallest absolute Gasteiger partial charge is 0.408 e. The molecule has 1 aromatic heterocycles. The summed E-state index contributed by atoms with van der Waals surface area (Å²) < 4.78 is 33.1. The predicted octanol–water partition coefficient (Wildman–Crippen LogP) is 4.15. The first-order valence-corrected chi connectivity index (χ1v) is 8.93. The number of alkyl carbamates (subject to hydrolysis) is 1. The first-order chi connectivity index (χ1) is 14.5. The van der Waals surface area contributed by atoms with E-state index in [4.69, 9.17) is 10.00 Å². The highest BCUT2D eigenvalue weighted by Gasteiger charge is 2.38. The summed E-state index contributed by atoms with van der Waals surface area (Å²) in [5.74, 6) is 4.63. The number of amides is 1. The van der Waals surface area contributed by atoms with Gasteiger partial charge >= 0.3 is 6.09 Å². The molecule has 2 atom stereocenters. The summed E-state index contributed by atoms with van der Waals surface area (Å²) >= 11 is 0. The summed E-state index contributed by atoms with van der Waals surface area (Å²) in [6, 6.07) is 12.8. The van der Waals surface area contributed by atoms with Crippen molar-refractivity contribution in [3.8, 4) is 17.9 Å². The van der Waals surface area contributed by atoms with Crippen molar-refractivity contribution in [2.45, 2.75) is 12.1 Å². The van der Waals surface area contributed by atoms with E-state index >= 15 is 0 Å². The van der Waals surface area contributed by atoms with Crippen molar-refractivity contribution in [1.29, 1.82) is 5.26 Å². The van der Waals surface area contributed by atoms with Gasteiger partial charge in [0.05, 0.1) is 11.6 Å². The van der Waals surface area contributed by atoms with Crippen molar-refractivity contribution in [2.75, 3.05) is 0 Å². The number of hydrogen-bond donors (Lipinski definition) is 1. The van der Waals surface area contributed by atoms with E-state index in [1.165, 1.54) is 6.20 Å². The third-order valence-electron chi connectivity index (χ3n) is 4.56. The summed E-state index contributed by atoms with van der Waals surface area (Å²) in [5.41, 5.74) is 2.30. The van der Waals surface area contributed by atoms with Gasteiger partial charge in [-0.15, -0.1) is 0 Å². The molecule has 5 nitrogen and oxygen atoms in total. The lowest BCUT2D eigenvalue weighted by Crippen LogP contribution is -2.20. The van der Waals surface area contributed by atoms with Crippen molar-refractivity contribution < 1.29 is 18.3 Å². The standard InChI is InChI=1S/C23H13F2N3O2/c24-18-7-8-20(25)19(10-18)22-21(28-23(29)30-22)17-9-16(12-27-13-17)6-3-14-1-4-15(11-26)5-2-14/h1-2,4-5,7-10,12-13,21-22H,(H,28,29)/t21-,22-/m1/s1. The molecule has 1 saturated heterocycles. The minimum atomic E-state index is -1.04. The van der Waals surface area contributed by atoms with Crippen LogP contribution in [0.25, 0.3) is 0 Å². The molecule has 2 heterocycles. The SMILES string of the molecule is N#Cc1ccc(C#Cc2cncc([C@H]3NC(=O)O[C@@H]3c3cc(F)ccc3F)c2)cc1.